The van der Waals surface area contributed by atoms with Gasteiger partial charge in [-0.05, 0) is 24.3 Å². The van der Waals surface area contributed by atoms with Crippen LogP contribution in [0.2, 0.25) is 5.02 Å². The van der Waals surface area contributed by atoms with Crippen molar-refractivity contribution in [3.63, 3.8) is 0 Å². The van der Waals surface area contributed by atoms with Crippen molar-refractivity contribution in [2.45, 2.75) is 6.54 Å². The molecule has 0 saturated carbocycles. The molecule has 0 spiro atoms. The SMILES string of the molecule is O=C(Cn1c(NCCO)nc2ccccc21)Nc1ccccc1Cl. The number of nitrogens with one attached hydrogen (secondary N) is 2. The summed E-state index contributed by atoms with van der Waals surface area (Å²) < 4.78 is 1.77. The number of benzene rings is 2. The molecule has 1 amide bonds. The van der Waals surface area contributed by atoms with Crippen LogP contribution >= 0.6 is 11.6 Å². The highest BCUT2D eigenvalue weighted by molar-refractivity contribution is 6.33. The van der Waals surface area contributed by atoms with Gasteiger partial charge in [-0.2, -0.15) is 0 Å². The van der Waals surface area contributed by atoms with Crippen LogP contribution in [0.1, 0.15) is 0 Å². The highest BCUT2D eigenvalue weighted by Gasteiger charge is 2.14. The zero-order valence-corrected chi connectivity index (χ0v) is 13.6. The smallest absolute Gasteiger partial charge is 0.244 e. The lowest BCUT2D eigenvalue weighted by atomic mass is 10.3. The molecule has 0 aliphatic heterocycles. The Bertz CT molecular complexity index is 863. The topological polar surface area (TPSA) is 79.2 Å². The molecule has 24 heavy (non-hydrogen) atoms. The molecule has 1 aromatic heterocycles. The Morgan fingerprint density at radius 3 is 2.71 bits per heavy atom. The Morgan fingerprint density at radius 1 is 1.17 bits per heavy atom. The lowest BCUT2D eigenvalue weighted by Crippen LogP contribution is -2.21. The minimum absolute atomic E-state index is 0.0188. The van der Waals surface area contributed by atoms with E-state index in [9.17, 15) is 4.79 Å². The average molecular weight is 345 g/mol. The Hall–Kier alpha value is -2.57. The van der Waals surface area contributed by atoms with Gasteiger partial charge in [0, 0.05) is 6.54 Å². The summed E-state index contributed by atoms with van der Waals surface area (Å²) in [6.07, 6.45) is 0. The average Bonchev–Trinajstić information content (AvgIpc) is 2.93. The highest BCUT2D eigenvalue weighted by atomic mass is 35.5. The van der Waals surface area contributed by atoms with Crippen LogP contribution in [0.15, 0.2) is 48.5 Å². The van der Waals surface area contributed by atoms with Crippen molar-refractivity contribution in [3.8, 4) is 0 Å². The first-order valence-corrected chi connectivity index (χ1v) is 7.91. The van der Waals surface area contributed by atoms with Gasteiger partial charge in [0.15, 0.2) is 0 Å². The van der Waals surface area contributed by atoms with E-state index in [-0.39, 0.29) is 19.1 Å². The number of carbonyl (C=O) groups is 1. The maximum absolute atomic E-state index is 12.4. The summed E-state index contributed by atoms with van der Waals surface area (Å²) in [5.74, 6) is 0.331. The van der Waals surface area contributed by atoms with Crippen LogP contribution in [-0.4, -0.2) is 33.7 Å². The van der Waals surface area contributed by atoms with Crippen LogP contribution in [0.5, 0.6) is 0 Å². The Balaban J connectivity index is 1.85. The van der Waals surface area contributed by atoms with Crippen molar-refractivity contribution in [2.24, 2.45) is 0 Å². The van der Waals surface area contributed by atoms with Crippen molar-refractivity contribution in [3.05, 3.63) is 53.6 Å². The standard InChI is InChI=1S/C17H17ClN4O2/c18-12-5-1-2-6-13(12)20-16(24)11-22-15-8-4-3-7-14(15)21-17(22)19-9-10-23/h1-8,23H,9-11H2,(H,19,21)(H,20,24). The summed E-state index contributed by atoms with van der Waals surface area (Å²) in [6.45, 7) is 0.421. The molecular formula is C17H17ClN4O2. The number of carbonyl (C=O) groups excluding carboxylic acids is 1. The number of amides is 1. The summed E-state index contributed by atoms with van der Waals surface area (Å²) in [7, 11) is 0. The number of anilines is 2. The molecule has 124 valence electrons. The van der Waals surface area contributed by atoms with Gasteiger partial charge in [0.2, 0.25) is 11.9 Å². The fraction of sp³-hybridized carbons (Fsp3) is 0.176. The molecule has 2 aromatic carbocycles. The predicted molar refractivity (Wildman–Crippen MR) is 95.4 cm³/mol. The van der Waals surface area contributed by atoms with Gasteiger partial charge in [-0.1, -0.05) is 35.9 Å². The number of rotatable bonds is 6. The van der Waals surface area contributed by atoms with Crippen molar-refractivity contribution in [1.82, 2.24) is 9.55 Å². The Kier molecular flexibility index (Phi) is 4.98. The van der Waals surface area contributed by atoms with Crippen LogP contribution in [-0.2, 0) is 11.3 Å². The number of nitrogens with zero attached hydrogens (tertiary/aromatic N) is 2. The molecule has 0 aliphatic rings. The van der Waals surface area contributed by atoms with E-state index in [2.05, 4.69) is 15.6 Å². The van der Waals surface area contributed by atoms with E-state index in [0.717, 1.165) is 11.0 Å². The molecule has 1 heterocycles. The van der Waals surface area contributed by atoms with Crippen LogP contribution in [0.3, 0.4) is 0 Å². The maximum Gasteiger partial charge on any atom is 0.244 e. The second-order valence-corrected chi connectivity index (χ2v) is 5.60. The molecule has 6 nitrogen and oxygen atoms in total. The summed E-state index contributed by atoms with van der Waals surface area (Å²) >= 11 is 6.07. The summed E-state index contributed by atoms with van der Waals surface area (Å²) in [6, 6.07) is 14.6. The van der Waals surface area contributed by atoms with Crippen LogP contribution in [0.25, 0.3) is 11.0 Å². The number of imidazole rings is 1. The quantitative estimate of drug-likeness (QED) is 0.642. The first kappa shape index (κ1) is 16.3. The highest BCUT2D eigenvalue weighted by Crippen LogP contribution is 2.22. The minimum atomic E-state index is -0.210. The van der Waals surface area contributed by atoms with E-state index in [1.165, 1.54) is 0 Å². The summed E-state index contributed by atoms with van der Waals surface area (Å²) in [4.78, 5) is 16.9. The molecule has 3 aromatic rings. The first-order chi connectivity index (χ1) is 11.7. The molecule has 0 saturated heterocycles. The second kappa shape index (κ2) is 7.33. The van der Waals surface area contributed by atoms with Gasteiger partial charge in [0.25, 0.3) is 0 Å². The minimum Gasteiger partial charge on any atom is -0.395 e. The van der Waals surface area contributed by atoms with E-state index in [1.54, 1.807) is 22.8 Å². The summed E-state index contributed by atoms with van der Waals surface area (Å²) in [5, 5.41) is 15.3. The molecule has 0 bridgehead atoms. The molecule has 0 aliphatic carbocycles. The Morgan fingerprint density at radius 2 is 1.92 bits per heavy atom. The lowest BCUT2D eigenvalue weighted by molar-refractivity contribution is -0.116. The number of fused-ring (bicyclic) bond motifs is 1. The zero-order valence-electron chi connectivity index (χ0n) is 12.9. The maximum atomic E-state index is 12.4. The normalized spacial score (nSPS) is 10.8. The fourth-order valence-corrected chi connectivity index (χ4v) is 2.62. The van der Waals surface area contributed by atoms with Gasteiger partial charge in [-0.15, -0.1) is 0 Å². The van der Waals surface area contributed by atoms with Crippen LogP contribution in [0, 0.1) is 0 Å². The van der Waals surface area contributed by atoms with E-state index >= 15 is 0 Å². The van der Waals surface area contributed by atoms with Crippen LogP contribution < -0.4 is 10.6 Å². The predicted octanol–water partition coefficient (Wildman–Crippen LogP) is 2.73. The second-order valence-electron chi connectivity index (χ2n) is 5.19. The Labute approximate surface area is 144 Å². The van der Waals surface area contributed by atoms with Gasteiger partial charge < -0.3 is 20.3 Å². The summed E-state index contributed by atoms with van der Waals surface area (Å²) in [5.41, 5.74) is 2.19. The van der Waals surface area contributed by atoms with Gasteiger partial charge in [0.1, 0.15) is 6.54 Å². The number of aromatic nitrogens is 2. The molecule has 3 rings (SSSR count). The molecule has 0 atom stereocenters. The van der Waals surface area contributed by atoms with E-state index < -0.39 is 0 Å². The molecule has 0 radical (unpaired) electrons. The van der Waals surface area contributed by atoms with E-state index in [0.29, 0.717) is 23.2 Å². The third-order valence-corrected chi connectivity index (χ3v) is 3.83. The molecule has 3 N–H and O–H groups in total. The van der Waals surface area contributed by atoms with E-state index in [1.807, 2.05) is 30.3 Å². The first-order valence-electron chi connectivity index (χ1n) is 7.53. The van der Waals surface area contributed by atoms with Gasteiger partial charge >= 0.3 is 0 Å². The van der Waals surface area contributed by atoms with Crippen molar-refractivity contribution in [1.29, 1.82) is 0 Å². The third kappa shape index (κ3) is 3.50. The zero-order chi connectivity index (χ0) is 16.9. The fourth-order valence-electron chi connectivity index (χ4n) is 2.43. The third-order valence-electron chi connectivity index (χ3n) is 3.50. The number of para-hydroxylation sites is 3. The number of aliphatic hydroxyl groups excluding tert-OH is 1. The number of aliphatic hydroxyl groups is 1. The van der Waals surface area contributed by atoms with Crippen molar-refractivity contribution < 1.29 is 9.90 Å². The number of halogens is 1. The molecular weight excluding hydrogens is 328 g/mol. The van der Waals surface area contributed by atoms with Crippen LogP contribution in [0.4, 0.5) is 11.6 Å². The van der Waals surface area contributed by atoms with Crippen molar-refractivity contribution >= 4 is 40.2 Å². The largest absolute Gasteiger partial charge is 0.395 e. The molecule has 0 unspecified atom stereocenters. The van der Waals surface area contributed by atoms with Crippen molar-refractivity contribution in [2.75, 3.05) is 23.8 Å². The monoisotopic (exact) mass is 344 g/mol. The molecule has 0 fully saturated rings. The van der Waals surface area contributed by atoms with Gasteiger partial charge in [0.05, 0.1) is 28.4 Å². The number of hydrogen-bond acceptors (Lipinski definition) is 4. The van der Waals surface area contributed by atoms with E-state index in [4.69, 9.17) is 16.7 Å². The lowest BCUT2D eigenvalue weighted by Gasteiger charge is -2.11. The molecule has 7 heteroatoms. The number of hydrogen-bond donors (Lipinski definition) is 3. The van der Waals surface area contributed by atoms with Gasteiger partial charge in [-0.25, -0.2) is 4.98 Å². The van der Waals surface area contributed by atoms with Gasteiger partial charge in [-0.3, -0.25) is 4.79 Å².